The Labute approximate surface area is 202 Å². The molecule has 0 aliphatic heterocycles. The van der Waals surface area contributed by atoms with E-state index in [2.05, 4.69) is 27.5 Å². The highest BCUT2D eigenvalue weighted by Gasteiger charge is 2.41. The van der Waals surface area contributed by atoms with Crippen LogP contribution < -0.4 is 10.6 Å². The van der Waals surface area contributed by atoms with Crippen molar-refractivity contribution in [1.29, 1.82) is 0 Å². The highest BCUT2D eigenvalue weighted by molar-refractivity contribution is 7.21. The van der Waals surface area contributed by atoms with Crippen LogP contribution in [0.2, 0.25) is 0 Å². The molecule has 10 nitrogen and oxygen atoms in total. The minimum Gasteiger partial charge on any atom is -0.396 e. The third kappa shape index (κ3) is 4.98. The van der Waals surface area contributed by atoms with Crippen LogP contribution in [-0.2, 0) is 11.2 Å². The topological polar surface area (TPSA) is 146 Å². The predicted molar refractivity (Wildman–Crippen MR) is 132 cm³/mol. The van der Waals surface area contributed by atoms with Gasteiger partial charge in [0, 0.05) is 31.9 Å². The average molecular weight is 489 g/mol. The highest BCUT2D eigenvalue weighted by Crippen LogP contribution is 2.38. The van der Waals surface area contributed by atoms with Crippen LogP contribution in [0.5, 0.6) is 0 Å². The minimum absolute atomic E-state index is 0.193. The first-order valence-corrected chi connectivity index (χ1v) is 12.5. The molecule has 3 heterocycles. The Morgan fingerprint density at radius 2 is 2.00 bits per heavy atom. The number of thiazole rings is 1. The maximum atomic E-state index is 10.6. The minimum atomic E-state index is -1.03. The van der Waals surface area contributed by atoms with Crippen LogP contribution in [0.4, 0.5) is 11.8 Å². The first kappa shape index (κ1) is 24.7. The number of nitrogens with one attached hydrogen (secondary N) is 2. The molecule has 1 aliphatic rings. The molecular formula is C23H32N6O4S. The van der Waals surface area contributed by atoms with E-state index in [-0.39, 0.29) is 6.61 Å². The second-order valence-electron chi connectivity index (χ2n) is 8.37. The van der Waals surface area contributed by atoms with E-state index in [1.807, 2.05) is 19.9 Å². The van der Waals surface area contributed by atoms with E-state index < -0.39 is 24.2 Å². The number of fused-ring (bicyclic) bond motifs is 1. The number of nitrogens with zero attached hydrogens (tertiary/aromatic N) is 4. The Morgan fingerprint density at radius 1 is 1.18 bits per heavy atom. The summed E-state index contributed by atoms with van der Waals surface area (Å²) < 4.78 is 6.42. The van der Waals surface area contributed by atoms with Gasteiger partial charge in [0.15, 0.2) is 0 Å². The predicted octanol–water partition coefficient (Wildman–Crippen LogP) is 1.98. The van der Waals surface area contributed by atoms with Gasteiger partial charge in [-0.15, -0.1) is 11.3 Å². The van der Waals surface area contributed by atoms with Crippen LogP contribution in [-0.4, -0.2) is 79.9 Å². The van der Waals surface area contributed by atoms with Crippen LogP contribution in [0.25, 0.3) is 20.8 Å². The van der Waals surface area contributed by atoms with Crippen molar-refractivity contribution in [2.45, 2.75) is 51.9 Å². The van der Waals surface area contributed by atoms with Gasteiger partial charge in [-0.1, -0.05) is 6.92 Å². The SMILES string of the molecule is CCOCCNc1nc(C)c(-c2nc3c(CC)nccc3s2)c(N[C@@H]2C[C@H](CO)[C@@H](O)[C@H]2O)n1. The van der Waals surface area contributed by atoms with Crippen LogP contribution >= 0.6 is 11.3 Å². The van der Waals surface area contributed by atoms with Gasteiger partial charge in [-0.2, -0.15) is 4.98 Å². The van der Waals surface area contributed by atoms with E-state index >= 15 is 0 Å². The monoisotopic (exact) mass is 488 g/mol. The molecule has 1 aliphatic carbocycles. The third-order valence-corrected chi connectivity index (χ3v) is 7.15. The second-order valence-corrected chi connectivity index (χ2v) is 9.40. The third-order valence-electron chi connectivity index (χ3n) is 6.11. The fourth-order valence-electron chi connectivity index (χ4n) is 4.29. The van der Waals surface area contributed by atoms with Gasteiger partial charge < -0.3 is 30.7 Å². The fourth-order valence-corrected chi connectivity index (χ4v) is 5.37. The van der Waals surface area contributed by atoms with Gasteiger partial charge in [0.2, 0.25) is 5.95 Å². The Balaban J connectivity index is 1.73. The lowest BCUT2D eigenvalue weighted by molar-refractivity contribution is 0.00446. The van der Waals surface area contributed by atoms with Gasteiger partial charge in [0.25, 0.3) is 0 Å². The molecule has 3 aromatic rings. The zero-order chi connectivity index (χ0) is 24.2. The summed E-state index contributed by atoms with van der Waals surface area (Å²) in [5.74, 6) is 0.557. The molecule has 5 N–H and O–H groups in total. The first-order chi connectivity index (χ1) is 16.5. The maximum absolute atomic E-state index is 10.6. The lowest BCUT2D eigenvalue weighted by atomic mass is 10.1. The summed E-state index contributed by atoms with van der Waals surface area (Å²) in [6.07, 6.45) is 0.957. The Hall–Kier alpha value is -2.44. The summed E-state index contributed by atoms with van der Waals surface area (Å²) in [4.78, 5) is 18.7. The number of ether oxygens (including phenoxy) is 1. The molecule has 3 aromatic heterocycles. The van der Waals surface area contributed by atoms with Gasteiger partial charge in [0.05, 0.1) is 40.4 Å². The Bertz CT molecular complexity index is 1130. The van der Waals surface area contributed by atoms with Crippen molar-refractivity contribution >= 4 is 33.3 Å². The van der Waals surface area contributed by atoms with E-state index in [1.54, 1.807) is 6.20 Å². The average Bonchev–Trinajstić information content (AvgIpc) is 3.37. The second kappa shape index (κ2) is 10.9. The molecule has 11 heteroatoms. The molecule has 184 valence electrons. The summed E-state index contributed by atoms with van der Waals surface area (Å²) in [5, 5.41) is 37.7. The van der Waals surface area contributed by atoms with E-state index in [4.69, 9.17) is 14.7 Å². The summed E-state index contributed by atoms with van der Waals surface area (Å²) in [7, 11) is 0. The van der Waals surface area contributed by atoms with Crippen LogP contribution in [0.1, 0.15) is 31.7 Å². The van der Waals surface area contributed by atoms with Crippen LogP contribution in [0.3, 0.4) is 0 Å². The lowest BCUT2D eigenvalue weighted by Crippen LogP contribution is -2.35. The molecule has 0 radical (unpaired) electrons. The smallest absolute Gasteiger partial charge is 0.224 e. The highest BCUT2D eigenvalue weighted by atomic mass is 32.1. The van der Waals surface area contributed by atoms with E-state index in [0.717, 1.165) is 38.6 Å². The number of aliphatic hydroxyl groups excluding tert-OH is 3. The van der Waals surface area contributed by atoms with Crippen molar-refractivity contribution in [3.8, 4) is 10.6 Å². The first-order valence-electron chi connectivity index (χ1n) is 11.6. The van der Waals surface area contributed by atoms with Gasteiger partial charge in [-0.05, 0) is 32.8 Å². The summed E-state index contributed by atoms with van der Waals surface area (Å²) in [5.41, 5.74) is 3.27. The molecule has 1 saturated carbocycles. The summed E-state index contributed by atoms with van der Waals surface area (Å²) >= 11 is 1.54. The molecule has 0 aromatic carbocycles. The molecule has 0 saturated heterocycles. The van der Waals surface area contributed by atoms with Gasteiger partial charge in [-0.25, -0.2) is 9.97 Å². The van der Waals surface area contributed by atoms with Gasteiger partial charge in [0.1, 0.15) is 22.4 Å². The number of hydrogen-bond acceptors (Lipinski definition) is 11. The van der Waals surface area contributed by atoms with E-state index in [1.165, 1.54) is 11.3 Å². The van der Waals surface area contributed by atoms with Crippen molar-refractivity contribution in [3.63, 3.8) is 0 Å². The van der Waals surface area contributed by atoms with Crippen molar-refractivity contribution in [2.24, 2.45) is 5.92 Å². The molecule has 4 rings (SSSR count). The number of rotatable bonds is 10. The number of anilines is 2. The molecular weight excluding hydrogens is 456 g/mol. The number of aryl methyl sites for hydroxylation is 2. The standard InChI is InChI=1S/C23H32N6O4S/c1-4-14-18-16(6-7-24-14)34-22(28-18)17-12(3)26-23(25-8-9-33-5-2)29-21(17)27-15-10-13(11-30)19(31)20(15)32/h6-7,13,15,19-20,30-32H,4-5,8-11H2,1-3H3,(H2,25,26,27,29)/t13-,15-,19-,20+/m1/s1. The normalized spacial score (nSPS) is 22.4. The molecule has 34 heavy (non-hydrogen) atoms. The molecule has 4 atom stereocenters. The van der Waals surface area contributed by atoms with Crippen molar-refractivity contribution in [3.05, 3.63) is 23.7 Å². The zero-order valence-electron chi connectivity index (χ0n) is 19.7. The quantitative estimate of drug-likeness (QED) is 0.269. The fraction of sp³-hybridized carbons (Fsp3) is 0.565. The molecule has 0 amide bonds. The van der Waals surface area contributed by atoms with E-state index in [0.29, 0.717) is 37.9 Å². The number of hydrogen-bond donors (Lipinski definition) is 5. The molecule has 0 spiro atoms. The van der Waals surface area contributed by atoms with Crippen LogP contribution in [0, 0.1) is 12.8 Å². The number of aliphatic hydroxyl groups is 3. The molecule has 1 fully saturated rings. The molecule has 0 bridgehead atoms. The number of pyridine rings is 1. The summed E-state index contributed by atoms with van der Waals surface area (Å²) in [6.45, 7) is 7.41. The van der Waals surface area contributed by atoms with Crippen molar-refractivity contribution < 1.29 is 20.1 Å². The van der Waals surface area contributed by atoms with Gasteiger partial charge in [-0.3, -0.25) is 4.98 Å². The molecule has 0 unspecified atom stereocenters. The lowest BCUT2D eigenvalue weighted by Gasteiger charge is -2.21. The summed E-state index contributed by atoms with van der Waals surface area (Å²) in [6, 6.07) is 1.48. The van der Waals surface area contributed by atoms with Crippen molar-refractivity contribution in [2.75, 3.05) is 37.0 Å². The largest absolute Gasteiger partial charge is 0.396 e. The van der Waals surface area contributed by atoms with Crippen LogP contribution in [0.15, 0.2) is 12.3 Å². The maximum Gasteiger partial charge on any atom is 0.224 e. The van der Waals surface area contributed by atoms with E-state index in [9.17, 15) is 15.3 Å². The zero-order valence-corrected chi connectivity index (χ0v) is 20.5. The van der Waals surface area contributed by atoms with Crippen molar-refractivity contribution in [1.82, 2.24) is 19.9 Å². The Kier molecular flexibility index (Phi) is 7.89. The Morgan fingerprint density at radius 3 is 2.71 bits per heavy atom. The van der Waals surface area contributed by atoms with Gasteiger partial charge >= 0.3 is 0 Å². The number of aromatic nitrogens is 4.